The second kappa shape index (κ2) is 14.9. The largest absolute Gasteiger partial charge is 0.461 e. The number of hydrogen-bond acceptors (Lipinski definition) is 12. The molecule has 1 amide bonds. The molecule has 310 valence electrons. The zero-order valence-electron chi connectivity index (χ0n) is 31.8. The number of aryl methyl sites for hydroxylation is 1. The molecule has 4 saturated heterocycles. The molecule has 1 N–H and O–H groups in total. The van der Waals surface area contributed by atoms with Gasteiger partial charge in [0.2, 0.25) is 0 Å². The molecule has 2 aromatic heterocycles. The van der Waals surface area contributed by atoms with Gasteiger partial charge in [0.05, 0.1) is 42.8 Å². The first-order valence-corrected chi connectivity index (χ1v) is 20.9. The molecule has 10 rings (SSSR count). The Morgan fingerprint density at radius 3 is 2.66 bits per heavy atom. The van der Waals surface area contributed by atoms with Crippen molar-refractivity contribution >= 4 is 43.9 Å². The van der Waals surface area contributed by atoms with E-state index in [-0.39, 0.29) is 136 Å². The van der Waals surface area contributed by atoms with Gasteiger partial charge in [-0.1, -0.05) is 6.07 Å². The third-order valence-corrected chi connectivity index (χ3v) is 13.3. The van der Waals surface area contributed by atoms with Crippen LogP contribution in [0, 0.1) is 11.6 Å². The van der Waals surface area contributed by atoms with E-state index in [1.54, 1.807) is 11.8 Å². The molecule has 2 aromatic carbocycles. The third-order valence-electron chi connectivity index (χ3n) is 11.9. The topological polar surface area (TPSA) is 149 Å². The van der Waals surface area contributed by atoms with Crippen molar-refractivity contribution in [3.63, 3.8) is 0 Å². The molecule has 58 heavy (non-hydrogen) atoms. The Hall–Kier alpha value is -4.59. The molecule has 4 atom stereocenters. The van der Waals surface area contributed by atoms with Crippen molar-refractivity contribution in [1.29, 1.82) is 0 Å². The third kappa shape index (κ3) is 7.23. The lowest BCUT2D eigenvalue weighted by Gasteiger charge is -2.42. The van der Waals surface area contributed by atoms with E-state index in [0.717, 1.165) is 10.7 Å². The lowest BCUT2D eigenvalue weighted by Crippen LogP contribution is -2.60. The maximum Gasteiger partial charge on any atom is 0.407 e. The van der Waals surface area contributed by atoms with E-state index in [9.17, 15) is 17.6 Å². The number of morpholine rings is 1. The number of fused-ring (bicyclic) bond motifs is 7. The van der Waals surface area contributed by atoms with Gasteiger partial charge in [-0.3, -0.25) is 9.88 Å². The van der Waals surface area contributed by atoms with Crippen LogP contribution in [-0.2, 0) is 26.2 Å². The molecule has 6 aliphatic heterocycles. The average molecular weight is 830 g/mol. The molecule has 0 unspecified atom stereocenters. The summed E-state index contributed by atoms with van der Waals surface area (Å²) in [7, 11) is -4.34. The molecule has 19 heteroatoms. The number of pyridine rings is 1. The summed E-state index contributed by atoms with van der Waals surface area (Å²) < 4.78 is 114. The smallest absolute Gasteiger partial charge is 0.407 e. The van der Waals surface area contributed by atoms with Crippen molar-refractivity contribution in [1.82, 2.24) is 29.5 Å². The molecule has 0 spiro atoms. The van der Waals surface area contributed by atoms with Gasteiger partial charge >= 0.3 is 22.4 Å². The van der Waals surface area contributed by atoms with E-state index >= 15 is 13.2 Å². The summed E-state index contributed by atoms with van der Waals surface area (Å²) in [5.74, 6) is -1.67. The Morgan fingerprint density at radius 1 is 1.02 bits per heavy atom. The first-order valence-electron chi connectivity index (χ1n) is 19.5. The summed E-state index contributed by atoms with van der Waals surface area (Å²) in [4.78, 5) is 30.5. The molecule has 6 aliphatic rings. The van der Waals surface area contributed by atoms with Gasteiger partial charge in [-0.15, -0.1) is 0 Å². The molecule has 0 aliphatic carbocycles. The van der Waals surface area contributed by atoms with Crippen molar-refractivity contribution in [2.24, 2.45) is 0 Å². The number of amides is 1. The number of rotatable bonds is 6. The summed E-state index contributed by atoms with van der Waals surface area (Å²) in [5.41, 5.74) is -2.13. The van der Waals surface area contributed by atoms with Crippen LogP contribution in [0.2, 0.25) is 0 Å². The first-order chi connectivity index (χ1) is 27.8. The van der Waals surface area contributed by atoms with E-state index in [2.05, 4.69) is 25.2 Å². The van der Waals surface area contributed by atoms with Crippen LogP contribution >= 0.6 is 0 Å². The number of alkyl halides is 2. The van der Waals surface area contributed by atoms with Gasteiger partial charge in [-0.25, -0.2) is 22.4 Å². The average Bonchev–Trinajstić information content (AvgIpc) is 3.71. The van der Waals surface area contributed by atoms with Gasteiger partial charge in [0.1, 0.15) is 47.5 Å². The van der Waals surface area contributed by atoms with Crippen molar-refractivity contribution in [2.45, 2.75) is 68.9 Å². The Labute approximate surface area is 332 Å². The predicted molar refractivity (Wildman–Crippen MR) is 204 cm³/mol. The fraction of sp³-hybridized carbons (Fsp3) is 0.538. The van der Waals surface area contributed by atoms with Crippen molar-refractivity contribution < 1.29 is 49.2 Å². The molecule has 4 aromatic rings. The number of benzene rings is 2. The van der Waals surface area contributed by atoms with E-state index in [0.29, 0.717) is 18.4 Å². The highest BCUT2D eigenvalue weighted by Gasteiger charge is 2.49. The minimum Gasteiger partial charge on any atom is -0.461 e. The van der Waals surface area contributed by atoms with Crippen LogP contribution in [0.15, 0.2) is 30.5 Å². The minimum atomic E-state index is -4.34. The molecule has 0 radical (unpaired) electrons. The number of alkyl carbamates (subject to hydrolysis) is 1. The second-order valence-corrected chi connectivity index (χ2v) is 17.7. The van der Waals surface area contributed by atoms with Gasteiger partial charge in [0, 0.05) is 50.8 Å². The zero-order valence-corrected chi connectivity index (χ0v) is 32.6. The van der Waals surface area contributed by atoms with Gasteiger partial charge in [0.15, 0.2) is 5.82 Å². The highest BCUT2D eigenvalue weighted by molar-refractivity contribution is 7.84. The normalized spacial score (nSPS) is 27.1. The first kappa shape index (κ1) is 38.9. The molecular formula is C39H43F4N7O7S. The fourth-order valence-electron chi connectivity index (χ4n) is 9.37. The molecule has 6 bridgehead atoms. The van der Waals surface area contributed by atoms with Crippen molar-refractivity contribution in [3.8, 4) is 23.0 Å². The van der Waals surface area contributed by atoms with Gasteiger partial charge in [-0.2, -0.15) is 22.7 Å². The number of ether oxygens (including phenoxy) is 3. The van der Waals surface area contributed by atoms with Gasteiger partial charge in [0.25, 0.3) is 0 Å². The quantitative estimate of drug-likeness (QED) is 0.261. The number of carbonyl (C=O) groups is 1. The molecule has 8 heterocycles. The number of carbonyl (C=O) groups excluding carboxylic acids is 1. The zero-order chi connectivity index (χ0) is 40.4. The Balaban J connectivity index is 1.23. The van der Waals surface area contributed by atoms with E-state index in [1.165, 1.54) is 30.5 Å². The number of hydrogen-bond donors (Lipinski definition) is 1. The highest BCUT2D eigenvalue weighted by atomic mass is 32.2. The fourth-order valence-corrected chi connectivity index (χ4v) is 10.4. The van der Waals surface area contributed by atoms with Crippen LogP contribution in [0.4, 0.5) is 28.2 Å². The summed E-state index contributed by atoms with van der Waals surface area (Å²) in [5, 5.41) is 3.45. The number of aromatic nitrogens is 3. The summed E-state index contributed by atoms with van der Waals surface area (Å²) >= 11 is 0. The highest BCUT2D eigenvalue weighted by Crippen LogP contribution is 2.43. The standard InChI is InChI=1S/C39H43F4N7O7S/c1-38-16-24(40)19-48(21-38)35-29-18-44-33(32(43)34(29)45-36(46-35)56-22-39-7-3-8-49(39)20-25(41)17-39)28-15-26(57-58(52,53)50-9-12-54-13-10-50)14-23-5-6-30(42)27(31(23)28)4-2-11-55-37(51)47-38/h5-6,14-15,18,24-25H,2-4,7-13,16-17,19-22H2,1H3,(H,47,51)/t24-,25-,38-,39+/m1/s1. The predicted octanol–water partition coefficient (Wildman–Crippen LogP) is 5.01. The van der Waals surface area contributed by atoms with Crippen LogP contribution in [0.1, 0.15) is 44.6 Å². The van der Waals surface area contributed by atoms with Crippen LogP contribution in [0.3, 0.4) is 0 Å². The van der Waals surface area contributed by atoms with Crippen LogP contribution in [0.25, 0.3) is 32.9 Å². The number of anilines is 1. The summed E-state index contributed by atoms with van der Waals surface area (Å²) in [6, 6.07) is 5.13. The maximum absolute atomic E-state index is 17.5. The van der Waals surface area contributed by atoms with Crippen LogP contribution < -0.4 is 19.1 Å². The number of nitrogens with zero attached hydrogens (tertiary/aromatic N) is 6. The Morgan fingerprint density at radius 2 is 1.83 bits per heavy atom. The van der Waals surface area contributed by atoms with Crippen LogP contribution in [0.5, 0.6) is 11.8 Å². The lowest BCUT2D eigenvalue weighted by atomic mass is 9.90. The van der Waals surface area contributed by atoms with Gasteiger partial charge < -0.3 is 28.6 Å². The lowest BCUT2D eigenvalue weighted by molar-refractivity contribution is 0.0698. The molecular weight excluding hydrogens is 787 g/mol. The summed E-state index contributed by atoms with van der Waals surface area (Å²) in [6.07, 6.45) is 0.0245. The van der Waals surface area contributed by atoms with E-state index in [4.69, 9.17) is 18.4 Å². The van der Waals surface area contributed by atoms with Crippen molar-refractivity contribution in [3.05, 3.63) is 47.7 Å². The Bertz CT molecular complexity index is 2390. The van der Waals surface area contributed by atoms with E-state index in [1.807, 2.05) is 0 Å². The number of piperidine rings is 1. The van der Waals surface area contributed by atoms with Crippen molar-refractivity contribution in [2.75, 3.05) is 70.6 Å². The maximum atomic E-state index is 17.5. The minimum absolute atomic E-state index is 0.0129. The van der Waals surface area contributed by atoms with Gasteiger partial charge in [-0.05, 0) is 73.7 Å². The molecule has 4 fully saturated rings. The second-order valence-electron chi connectivity index (χ2n) is 16.1. The SMILES string of the molecule is C[C@@]12C[C@@H](F)CN(C1)c1nc(OC[C@@]34CCCN3C[C@H](F)C4)nc3c(F)c(ncc13)-c1cc(OS(=O)(=O)N3CCOCC3)cc3ccc(F)c(c13)CCCOC(=O)N2. The number of halogens is 4. The summed E-state index contributed by atoms with van der Waals surface area (Å²) in [6.45, 7) is 2.96. The Kier molecular flexibility index (Phi) is 10.00. The molecule has 14 nitrogen and oxygen atoms in total. The monoisotopic (exact) mass is 829 g/mol. The van der Waals surface area contributed by atoms with Crippen LogP contribution in [-0.4, -0.2) is 128 Å². The molecule has 0 saturated carbocycles. The number of nitrogens with one attached hydrogen (secondary N) is 1. The van der Waals surface area contributed by atoms with E-state index < -0.39 is 51.5 Å².